The lowest BCUT2D eigenvalue weighted by Crippen LogP contribution is -2.37. The first kappa shape index (κ1) is 14.3. The van der Waals surface area contributed by atoms with Gasteiger partial charge in [-0.25, -0.2) is 9.97 Å². The van der Waals surface area contributed by atoms with E-state index in [1.54, 1.807) is 6.07 Å². The highest BCUT2D eigenvalue weighted by atomic mass is 16.3. The van der Waals surface area contributed by atoms with Crippen LogP contribution in [0.15, 0.2) is 18.6 Å². The van der Waals surface area contributed by atoms with Gasteiger partial charge in [0.2, 0.25) is 5.91 Å². The van der Waals surface area contributed by atoms with Crippen LogP contribution < -0.4 is 5.32 Å². The molecule has 23 heavy (non-hydrogen) atoms. The van der Waals surface area contributed by atoms with Gasteiger partial charge in [0, 0.05) is 29.8 Å². The predicted molar refractivity (Wildman–Crippen MR) is 83.6 cm³/mol. The number of rotatable bonds is 3. The number of aryl methyl sites for hydroxylation is 1. The van der Waals surface area contributed by atoms with Gasteiger partial charge in [0.1, 0.15) is 12.1 Å². The Labute approximate surface area is 133 Å². The lowest BCUT2D eigenvalue weighted by atomic mass is 9.82. The Morgan fingerprint density at radius 1 is 1.30 bits per heavy atom. The first-order chi connectivity index (χ1) is 11.2. The Bertz CT molecular complexity index is 736. The first-order valence-corrected chi connectivity index (χ1v) is 8.07. The number of fused-ring (bicyclic) bond motifs is 1. The van der Waals surface area contributed by atoms with Crippen LogP contribution in [0.25, 0.3) is 11.3 Å². The Balaban J connectivity index is 1.54. The SMILES string of the molecule is O=C(Nc1cc(-c2cnn3c2CCCC3)ncn1)[C@H]1C[C@H](O)C1. The van der Waals surface area contributed by atoms with Crippen LogP contribution in [0.2, 0.25) is 0 Å². The van der Waals surface area contributed by atoms with Gasteiger partial charge in [-0.3, -0.25) is 9.48 Å². The van der Waals surface area contributed by atoms with E-state index in [1.165, 1.54) is 12.0 Å². The number of amides is 1. The monoisotopic (exact) mass is 313 g/mol. The third kappa shape index (κ3) is 2.72. The van der Waals surface area contributed by atoms with Gasteiger partial charge in [0.25, 0.3) is 0 Å². The largest absolute Gasteiger partial charge is 0.393 e. The van der Waals surface area contributed by atoms with Gasteiger partial charge in [0.05, 0.1) is 18.0 Å². The molecule has 2 N–H and O–H groups in total. The number of aromatic nitrogens is 4. The lowest BCUT2D eigenvalue weighted by molar-refractivity contribution is -0.126. The molecule has 0 unspecified atom stereocenters. The van der Waals surface area contributed by atoms with Crippen LogP contribution in [0.4, 0.5) is 5.82 Å². The van der Waals surface area contributed by atoms with E-state index < -0.39 is 0 Å². The van der Waals surface area contributed by atoms with Gasteiger partial charge in [0.15, 0.2) is 0 Å². The second kappa shape index (κ2) is 5.73. The van der Waals surface area contributed by atoms with Gasteiger partial charge < -0.3 is 10.4 Å². The molecule has 1 amide bonds. The summed E-state index contributed by atoms with van der Waals surface area (Å²) in [6.45, 7) is 0.952. The smallest absolute Gasteiger partial charge is 0.228 e. The molecule has 0 atom stereocenters. The highest BCUT2D eigenvalue weighted by Crippen LogP contribution is 2.29. The summed E-state index contributed by atoms with van der Waals surface area (Å²) in [6.07, 6.45) is 7.35. The number of nitrogens with one attached hydrogen (secondary N) is 1. The Morgan fingerprint density at radius 2 is 2.17 bits per heavy atom. The van der Waals surface area contributed by atoms with Crippen LogP contribution in [0.5, 0.6) is 0 Å². The van der Waals surface area contributed by atoms with Crippen LogP contribution in [-0.2, 0) is 17.8 Å². The molecule has 4 rings (SSSR count). The normalized spacial score (nSPS) is 23.0. The summed E-state index contributed by atoms with van der Waals surface area (Å²) in [5, 5.41) is 16.5. The van der Waals surface area contributed by atoms with Crippen LogP contribution in [0.3, 0.4) is 0 Å². The zero-order valence-corrected chi connectivity index (χ0v) is 12.8. The summed E-state index contributed by atoms with van der Waals surface area (Å²) in [5.74, 6) is 0.293. The van der Waals surface area contributed by atoms with Crippen molar-refractivity contribution < 1.29 is 9.90 Å². The van der Waals surface area contributed by atoms with E-state index in [0.717, 1.165) is 37.1 Å². The predicted octanol–water partition coefficient (Wildman–Crippen LogP) is 1.39. The summed E-state index contributed by atoms with van der Waals surface area (Å²) in [5.41, 5.74) is 3.00. The van der Waals surface area contributed by atoms with E-state index in [9.17, 15) is 9.90 Å². The second-order valence-electron chi connectivity index (χ2n) is 6.29. The average Bonchev–Trinajstić information content (AvgIpc) is 2.96. The summed E-state index contributed by atoms with van der Waals surface area (Å²) < 4.78 is 2.04. The number of aliphatic hydroxyl groups excluding tert-OH is 1. The molecule has 120 valence electrons. The molecule has 1 aliphatic heterocycles. The molecule has 0 spiro atoms. The number of anilines is 1. The fraction of sp³-hybridized carbons (Fsp3) is 0.500. The molecule has 2 aromatic heterocycles. The summed E-state index contributed by atoms with van der Waals surface area (Å²) >= 11 is 0. The molecule has 1 aliphatic carbocycles. The molecule has 0 radical (unpaired) electrons. The van der Waals surface area contributed by atoms with Crippen molar-refractivity contribution in [3.63, 3.8) is 0 Å². The number of nitrogens with zero attached hydrogens (tertiary/aromatic N) is 4. The van der Waals surface area contributed by atoms with Crippen LogP contribution >= 0.6 is 0 Å². The summed E-state index contributed by atoms with van der Waals surface area (Å²) in [6, 6.07) is 1.79. The van der Waals surface area contributed by atoms with E-state index >= 15 is 0 Å². The molecular weight excluding hydrogens is 294 g/mol. The number of aliphatic hydroxyl groups is 1. The molecule has 1 saturated carbocycles. The van der Waals surface area contributed by atoms with E-state index in [0.29, 0.717) is 18.7 Å². The fourth-order valence-corrected chi connectivity index (χ4v) is 3.24. The topological polar surface area (TPSA) is 92.9 Å². The van der Waals surface area contributed by atoms with Gasteiger partial charge in [-0.1, -0.05) is 0 Å². The number of hydrogen-bond donors (Lipinski definition) is 2. The molecule has 2 aliphatic rings. The van der Waals surface area contributed by atoms with Crippen molar-refractivity contribution in [3.05, 3.63) is 24.3 Å². The van der Waals surface area contributed by atoms with Crippen molar-refractivity contribution in [3.8, 4) is 11.3 Å². The van der Waals surface area contributed by atoms with Crippen molar-refractivity contribution >= 4 is 11.7 Å². The Morgan fingerprint density at radius 3 is 3.00 bits per heavy atom. The zero-order valence-electron chi connectivity index (χ0n) is 12.8. The Kier molecular flexibility index (Phi) is 3.57. The van der Waals surface area contributed by atoms with Gasteiger partial charge in [-0.15, -0.1) is 0 Å². The highest BCUT2D eigenvalue weighted by Gasteiger charge is 2.33. The fourth-order valence-electron chi connectivity index (χ4n) is 3.24. The number of hydrogen-bond acceptors (Lipinski definition) is 5. The standard InChI is InChI=1S/C16H19N5O2/c22-11-5-10(6-11)16(23)20-15-7-13(17-9-18-15)12-8-19-21-4-2-1-3-14(12)21/h7-11,22H,1-6H2,(H,17,18,20,23)/t10-,11-. The summed E-state index contributed by atoms with van der Waals surface area (Å²) in [7, 11) is 0. The van der Waals surface area contributed by atoms with E-state index in [1.807, 2.05) is 10.9 Å². The van der Waals surface area contributed by atoms with E-state index in [4.69, 9.17) is 0 Å². The van der Waals surface area contributed by atoms with Crippen molar-refractivity contribution in [1.82, 2.24) is 19.7 Å². The molecule has 2 aromatic rings. The number of carbonyl (C=O) groups excluding carboxylic acids is 1. The Hall–Kier alpha value is -2.28. The van der Waals surface area contributed by atoms with Crippen molar-refractivity contribution in [1.29, 1.82) is 0 Å². The third-order valence-corrected chi connectivity index (χ3v) is 4.66. The first-order valence-electron chi connectivity index (χ1n) is 8.07. The highest BCUT2D eigenvalue weighted by molar-refractivity contribution is 5.92. The van der Waals surface area contributed by atoms with Crippen LogP contribution in [-0.4, -0.2) is 36.9 Å². The second-order valence-corrected chi connectivity index (χ2v) is 6.29. The average molecular weight is 313 g/mol. The van der Waals surface area contributed by atoms with Crippen LogP contribution in [0, 0.1) is 5.92 Å². The van der Waals surface area contributed by atoms with Gasteiger partial charge in [-0.05, 0) is 32.1 Å². The molecular formula is C16H19N5O2. The van der Waals surface area contributed by atoms with Gasteiger partial charge >= 0.3 is 0 Å². The molecule has 0 saturated heterocycles. The molecule has 7 nitrogen and oxygen atoms in total. The van der Waals surface area contributed by atoms with Crippen LogP contribution in [0.1, 0.15) is 31.4 Å². The van der Waals surface area contributed by atoms with Crippen molar-refractivity contribution in [2.24, 2.45) is 5.92 Å². The molecule has 0 bridgehead atoms. The minimum Gasteiger partial charge on any atom is -0.393 e. The maximum atomic E-state index is 12.1. The lowest BCUT2D eigenvalue weighted by Gasteiger charge is -2.29. The van der Waals surface area contributed by atoms with Gasteiger partial charge in [-0.2, -0.15) is 5.10 Å². The summed E-state index contributed by atoms with van der Waals surface area (Å²) in [4.78, 5) is 20.5. The molecule has 0 aromatic carbocycles. The van der Waals surface area contributed by atoms with E-state index in [2.05, 4.69) is 20.4 Å². The number of carbonyl (C=O) groups is 1. The molecule has 3 heterocycles. The zero-order chi connectivity index (χ0) is 15.8. The third-order valence-electron chi connectivity index (χ3n) is 4.66. The van der Waals surface area contributed by atoms with Crippen molar-refractivity contribution in [2.75, 3.05) is 5.32 Å². The molecule has 1 fully saturated rings. The van der Waals surface area contributed by atoms with Crippen molar-refractivity contribution in [2.45, 2.75) is 44.8 Å². The minimum atomic E-state index is -0.342. The maximum absolute atomic E-state index is 12.1. The molecule has 7 heteroatoms. The maximum Gasteiger partial charge on any atom is 0.228 e. The minimum absolute atomic E-state index is 0.0861. The van der Waals surface area contributed by atoms with E-state index in [-0.39, 0.29) is 17.9 Å². The quantitative estimate of drug-likeness (QED) is 0.893.